The molecule has 0 aliphatic carbocycles. The highest BCUT2D eigenvalue weighted by Gasteiger charge is 2.20. The van der Waals surface area contributed by atoms with Gasteiger partial charge in [0.15, 0.2) is 0 Å². The molecule has 0 saturated carbocycles. The van der Waals surface area contributed by atoms with E-state index in [1.807, 2.05) is 19.1 Å². The van der Waals surface area contributed by atoms with Gasteiger partial charge in [0.2, 0.25) is 11.1 Å². The smallest absolute Gasteiger partial charge is 0.235 e. The van der Waals surface area contributed by atoms with Crippen LogP contribution in [0.1, 0.15) is 32.3 Å². The fraction of sp³-hybridized carbons (Fsp3) is 0.467. The van der Waals surface area contributed by atoms with E-state index in [9.17, 15) is 4.79 Å². The molecule has 0 fully saturated rings. The average Bonchev–Trinajstić information content (AvgIpc) is 2.94. The van der Waals surface area contributed by atoms with Gasteiger partial charge in [-0.1, -0.05) is 37.7 Å². The summed E-state index contributed by atoms with van der Waals surface area (Å²) in [7, 11) is 3.49. The Morgan fingerprint density at radius 3 is 2.36 bits per heavy atom. The molecule has 118 valence electrons. The summed E-state index contributed by atoms with van der Waals surface area (Å²) < 4.78 is 1.66. The van der Waals surface area contributed by atoms with E-state index in [0.717, 1.165) is 5.69 Å². The van der Waals surface area contributed by atoms with Crippen molar-refractivity contribution in [1.29, 1.82) is 0 Å². The second kappa shape index (κ2) is 6.91. The summed E-state index contributed by atoms with van der Waals surface area (Å²) in [6, 6.07) is 8.14. The highest BCUT2D eigenvalue weighted by atomic mass is 32.2. The normalized spacial score (nSPS) is 12.5. The lowest BCUT2D eigenvalue weighted by Crippen LogP contribution is -2.29. The maximum absolute atomic E-state index is 12.0. The number of hydrogen-bond donors (Lipinski definition) is 0. The number of amides is 1. The van der Waals surface area contributed by atoms with Gasteiger partial charge < -0.3 is 4.90 Å². The lowest BCUT2D eigenvalue weighted by atomic mass is 10.0. The van der Waals surface area contributed by atoms with Crippen molar-refractivity contribution in [2.75, 3.05) is 14.1 Å². The molecular formula is C15H21N5OS. The number of thioether (sulfide) groups is 1. The Balaban J connectivity index is 2.20. The zero-order valence-electron chi connectivity index (χ0n) is 13.5. The second-order valence-electron chi connectivity index (χ2n) is 5.61. The summed E-state index contributed by atoms with van der Waals surface area (Å²) in [5.41, 5.74) is 2.16. The van der Waals surface area contributed by atoms with Crippen molar-refractivity contribution in [3.05, 3.63) is 29.8 Å². The Hall–Kier alpha value is -1.89. The minimum Gasteiger partial charge on any atom is -0.348 e. The van der Waals surface area contributed by atoms with E-state index < -0.39 is 0 Å². The second-order valence-corrected chi connectivity index (χ2v) is 6.92. The third-order valence-corrected chi connectivity index (χ3v) is 4.34. The molecule has 0 bridgehead atoms. The number of aromatic nitrogens is 4. The highest BCUT2D eigenvalue weighted by Crippen LogP contribution is 2.24. The Morgan fingerprint density at radius 2 is 1.82 bits per heavy atom. The fourth-order valence-corrected chi connectivity index (χ4v) is 2.94. The summed E-state index contributed by atoms with van der Waals surface area (Å²) in [4.78, 5) is 13.5. The Labute approximate surface area is 134 Å². The van der Waals surface area contributed by atoms with Gasteiger partial charge >= 0.3 is 0 Å². The van der Waals surface area contributed by atoms with Crippen LogP contribution in [0.3, 0.4) is 0 Å². The Kier molecular flexibility index (Phi) is 5.18. The van der Waals surface area contributed by atoms with Crippen LogP contribution >= 0.6 is 11.8 Å². The van der Waals surface area contributed by atoms with Crippen LogP contribution < -0.4 is 0 Å². The molecule has 0 aliphatic heterocycles. The molecule has 0 unspecified atom stereocenters. The zero-order valence-corrected chi connectivity index (χ0v) is 14.3. The SMILES string of the molecule is CC(C)c1ccc(-n2nnnc2S[C@@H](C)C(=O)N(C)C)cc1. The van der Waals surface area contributed by atoms with Gasteiger partial charge in [-0.25, -0.2) is 0 Å². The molecule has 1 amide bonds. The van der Waals surface area contributed by atoms with Crippen LogP contribution in [0.5, 0.6) is 0 Å². The first-order chi connectivity index (χ1) is 10.4. The minimum absolute atomic E-state index is 0.0368. The van der Waals surface area contributed by atoms with Crippen LogP contribution in [0.4, 0.5) is 0 Å². The molecule has 0 radical (unpaired) electrons. The van der Waals surface area contributed by atoms with Gasteiger partial charge in [0, 0.05) is 14.1 Å². The molecule has 0 saturated heterocycles. The van der Waals surface area contributed by atoms with Gasteiger partial charge in [-0.15, -0.1) is 5.10 Å². The first-order valence-corrected chi connectivity index (χ1v) is 8.04. The molecule has 7 heteroatoms. The fourth-order valence-electron chi connectivity index (χ4n) is 1.99. The van der Waals surface area contributed by atoms with Crippen molar-refractivity contribution < 1.29 is 4.79 Å². The van der Waals surface area contributed by atoms with Crippen LogP contribution in [0, 0.1) is 0 Å². The molecule has 2 aromatic rings. The number of benzene rings is 1. The maximum Gasteiger partial charge on any atom is 0.235 e. The number of rotatable bonds is 5. The molecule has 1 heterocycles. The molecule has 2 rings (SSSR count). The van der Waals surface area contributed by atoms with Crippen molar-refractivity contribution in [3.63, 3.8) is 0 Å². The lowest BCUT2D eigenvalue weighted by molar-refractivity contribution is -0.127. The molecule has 0 N–H and O–H groups in total. The van der Waals surface area contributed by atoms with Gasteiger partial charge in [-0.3, -0.25) is 4.79 Å². The first kappa shape index (κ1) is 16.5. The number of carbonyl (C=O) groups is 1. The van der Waals surface area contributed by atoms with Crippen LogP contribution in [-0.4, -0.2) is 50.4 Å². The monoisotopic (exact) mass is 319 g/mol. The zero-order chi connectivity index (χ0) is 16.3. The number of carbonyl (C=O) groups excluding carboxylic acids is 1. The topological polar surface area (TPSA) is 63.9 Å². The first-order valence-electron chi connectivity index (χ1n) is 7.16. The molecule has 6 nitrogen and oxygen atoms in total. The summed E-state index contributed by atoms with van der Waals surface area (Å²) in [6.07, 6.45) is 0. The molecule has 22 heavy (non-hydrogen) atoms. The predicted octanol–water partition coefficient (Wildman–Crippen LogP) is 2.35. The number of nitrogens with zero attached hydrogens (tertiary/aromatic N) is 5. The molecule has 1 aromatic heterocycles. The standard InChI is InChI=1S/C15H21N5OS/c1-10(2)12-6-8-13(9-7-12)20-15(16-17-18-20)22-11(3)14(21)19(4)5/h6-11H,1-5H3/t11-/m0/s1. The van der Waals surface area contributed by atoms with E-state index in [1.54, 1.807) is 23.7 Å². The van der Waals surface area contributed by atoms with Crippen molar-refractivity contribution in [3.8, 4) is 5.69 Å². The van der Waals surface area contributed by atoms with Crippen molar-refractivity contribution in [1.82, 2.24) is 25.1 Å². The van der Waals surface area contributed by atoms with Crippen LogP contribution in [-0.2, 0) is 4.79 Å². The third kappa shape index (κ3) is 3.65. The molecular weight excluding hydrogens is 298 g/mol. The Bertz CT molecular complexity index is 636. The van der Waals surface area contributed by atoms with E-state index in [4.69, 9.17) is 0 Å². The largest absolute Gasteiger partial charge is 0.348 e. The van der Waals surface area contributed by atoms with E-state index in [0.29, 0.717) is 11.1 Å². The third-order valence-electron chi connectivity index (χ3n) is 3.32. The van der Waals surface area contributed by atoms with E-state index in [-0.39, 0.29) is 11.2 Å². The van der Waals surface area contributed by atoms with Crippen molar-refractivity contribution in [2.24, 2.45) is 0 Å². The van der Waals surface area contributed by atoms with Gasteiger partial charge in [0.05, 0.1) is 10.9 Å². The number of hydrogen-bond acceptors (Lipinski definition) is 5. The summed E-state index contributed by atoms with van der Waals surface area (Å²) in [6.45, 7) is 6.16. The van der Waals surface area contributed by atoms with Crippen molar-refractivity contribution >= 4 is 17.7 Å². The van der Waals surface area contributed by atoms with Crippen LogP contribution in [0.25, 0.3) is 5.69 Å². The van der Waals surface area contributed by atoms with Gasteiger partial charge in [-0.2, -0.15) is 4.68 Å². The molecule has 0 aliphatic rings. The van der Waals surface area contributed by atoms with E-state index >= 15 is 0 Å². The van der Waals surface area contributed by atoms with Gasteiger partial charge in [0.25, 0.3) is 0 Å². The molecule has 1 atom stereocenters. The molecule has 1 aromatic carbocycles. The number of tetrazole rings is 1. The van der Waals surface area contributed by atoms with Gasteiger partial charge in [-0.05, 0) is 41.0 Å². The lowest BCUT2D eigenvalue weighted by Gasteiger charge is -2.15. The quantitative estimate of drug-likeness (QED) is 0.792. The van der Waals surface area contributed by atoms with Crippen LogP contribution in [0.2, 0.25) is 0 Å². The summed E-state index contributed by atoms with van der Waals surface area (Å²) >= 11 is 1.35. The maximum atomic E-state index is 12.0. The minimum atomic E-state index is -0.241. The van der Waals surface area contributed by atoms with Crippen molar-refractivity contribution in [2.45, 2.75) is 37.1 Å². The molecule has 0 spiro atoms. The van der Waals surface area contributed by atoms with Crippen LogP contribution in [0.15, 0.2) is 29.4 Å². The Morgan fingerprint density at radius 1 is 1.18 bits per heavy atom. The summed E-state index contributed by atoms with van der Waals surface area (Å²) in [5, 5.41) is 12.2. The average molecular weight is 319 g/mol. The predicted molar refractivity (Wildman–Crippen MR) is 87.3 cm³/mol. The van der Waals surface area contributed by atoms with Gasteiger partial charge in [0.1, 0.15) is 0 Å². The highest BCUT2D eigenvalue weighted by molar-refractivity contribution is 8.00. The van der Waals surface area contributed by atoms with E-state index in [2.05, 4.69) is 41.5 Å². The summed E-state index contributed by atoms with van der Waals surface area (Å²) in [5.74, 6) is 0.518. The van der Waals surface area contributed by atoms with E-state index in [1.165, 1.54) is 17.3 Å².